The third-order valence-electron chi connectivity index (χ3n) is 9.44. The second kappa shape index (κ2) is 11.3. The van der Waals surface area contributed by atoms with Gasteiger partial charge >= 0.3 is 0 Å². The van der Waals surface area contributed by atoms with Crippen LogP contribution in [0.15, 0.2) is 60.7 Å². The minimum Gasteiger partial charge on any atom is -0.502 e. The van der Waals surface area contributed by atoms with Crippen molar-refractivity contribution in [2.75, 3.05) is 24.6 Å². The van der Waals surface area contributed by atoms with Crippen LogP contribution in [0.25, 0.3) is 12.2 Å². The lowest BCUT2D eigenvalue weighted by Gasteiger charge is -2.49. The fourth-order valence-electron chi connectivity index (χ4n) is 7.23. The summed E-state index contributed by atoms with van der Waals surface area (Å²) in [5, 5.41) is 10.4. The van der Waals surface area contributed by atoms with Crippen LogP contribution in [0, 0.1) is 23.7 Å². The molecule has 6 rings (SSSR count). The maximum atomic E-state index is 14.1. The number of methoxy groups -OCH3 is 2. The third kappa shape index (κ3) is 4.40. The Morgan fingerprint density at radius 2 is 1.64 bits per heavy atom. The zero-order chi connectivity index (χ0) is 32.4. The summed E-state index contributed by atoms with van der Waals surface area (Å²) in [5.74, 6) is -4.93. The number of hydrogen-bond acceptors (Lipinski definition) is 7. The van der Waals surface area contributed by atoms with Gasteiger partial charge in [-0.3, -0.25) is 29.0 Å². The van der Waals surface area contributed by atoms with E-state index >= 15 is 0 Å². The van der Waals surface area contributed by atoms with Gasteiger partial charge in [-0.25, -0.2) is 0 Å². The van der Waals surface area contributed by atoms with Gasteiger partial charge in [0.15, 0.2) is 21.2 Å². The molecule has 2 aliphatic heterocycles. The Morgan fingerprint density at radius 3 is 2.22 bits per heavy atom. The van der Waals surface area contributed by atoms with Gasteiger partial charge in [0.05, 0.1) is 37.2 Å². The number of carbonyl (C=O) groups is 4. The first-order valence-electron chi connectivity index (χ1n) is 14.2. The lowest BCUT2D eigenvalue weighted by Crippen LogP contribution is -2.60. The first kappa shape index (κ1) is 31.4. The van der Waals surface area contributed by atoms with Gasteiger partial charge in [-0.2, -0.15) is 0 Å². The van der Waals surface area contributed by atoms with Gasteiger partial charge in [0, 0.05) is 5.92 Å². The highest BCUT2D eigenvalue weighted by Gasteiger charge is 2.75. The zero-order valence-corrected chi connectivity index (χ0v) is 27.4. The molecule has 6 atom stereocenters. The Labute approximate surface area is 278 Å². The molecule has 12 heteroatoms. The van der Waals surface area contributed by atoms with Gasteiger partial charge in [0.1, 0.15) is 0 Å². The summed E-state index contributed by atoms with van der Waals surface area (Å²) in [6.45, 7) is 3.75. The molecule has 0 bridgehead atoms. The number of imide groups is 2. The molecule has 1 N–H and O–H groups in total. The van der Waals surface area contributed by atoms with Crippen molar-refractivity contribution in [3.8, 4) is 17.2 Å². The topological polar surface area (TPSA) is 113 Å². The molecule has 1 saturated carbocycles. The van der Waals surface area contributed by atoms with Crippen LogP contribution in [0.2, 0.25) is 0 Å². The number of phenols is 1. The number of amides is 4. The molecule has 0 spiro atoms. The molecule has 2 aliphatic carbocycles. The highest BCUT2D eigenvalue weighted by atomic mass is 79.9. The maximum absolute atomic E-state index is 14.1. The molecule has 2 saturated heterocycles. The van der Waals surface area contributed by atoms with E-state index in [1.54, 1.807) is 54.6 Å². The predicted molar refractivity (Wildman–Crippen MR) is 173 cm³/mol. The van der Waals surface area contributed by atoms with Gasteiger partial charge in [-0.05, 0) is 54.2 Å². The quantitative estimate of drug-likeness (QED) is 0.174. The molecular weight excluding hydrogens is 687 g/mol. The van der Waals surface area contributed by atoms with E-state index in [4.69, 9.17) is 32.7 Å². The fraction of sp³-hybridized carbons (Fsp3) is 0.333. The summed E-state index contributed by atoms with van der Waals surface area (Å²) in [6, 6.07) is 10.1. The number of phenolic OH excluding ortho intramolecular Hbond substituents is 1. The zero-order valence-electron chi connectivity index (χ0n) is 24.3. The smallest absolute Gasteiger partial charge is 0.254 e. The van der Waals surface area contributed by atoms with Gasteiger partial charge in [-0.1, -0.05) is 64.5 Å². The van der Waals surface area contributed by atoms with E-state index in [-0.39, 0.29) is 47.4 Å². The minimum atomic E-state index is -1.91. The number of benzene rings is 2. The van der Waals surface area contributed by atoms with Crippen molar-refractivity contribution in [3.63, 3.8) is 0 Å². The van der Waals surface area contributed by atoms with E-state index in [9.17, 15) is 24.3 Å². The maximum Gasteiger partial charge on any atom is 0.254 e. The van der Waals surface area contributed by atoms with Crippen molar-refractivity contribution in [3.05, 3.63) is 71.8 Å². The average Bonchev–Trinajstić information content (AvgIpc) is 3.38. The largest absolute Gasteiger partial charge is 0.502 e. The van der Waals surface area contributed by atoms with E-state index in [1.807, 2.05) is 6.08 Å². The molecule has 4 amide bonds. The van der Waals surface area contributed by atoms with Crippen LogP contribution < -0.4 is 14.4 Å². The van der Waals surface area contributed by atoms with Gasteiger partial charge in [0.2, 0.25) is 17.6 Å². The molecule has 0 unspecified atom stereocenters. The molecule has 234 valence electrons. The van der Waals surface area contributed by atoms with E-state index in [1.165, 1.54) is 19.1 Å². The van der Waals surface area contributed by atoms with Crippen LogP contribution >= 0.6 is 39.1 Å². The number of fused-ring (bicyclic) bond motifs is 4. The van der Waals surface area contributed by atoms with Crippen molar-refractivity contribution in [2.24, 2.45) is 23.7 Å². The van der Waals surface area contributed by atoms with Crippen LogP contribution in [-0.2, 0) is 19.2 Å². The van der Waals surface area contributed by atoms with Crippen molar-refractivity contribution in [2.45, 2.75) is 22.6 Å². The normalized spacial score (nSPS) is 30.7. The summed E-state index contributed by atoms with van der Waals surface area (Å²) >= 11 is 17.7. The summed E-state index contributed by atoms with van der Waals surface area (Å²) < 4.78 is 10.6. The number of allylic oxidation sites excluding steroid dienone is 3. The first-order chi connectivity index (χ1) is 21.5. The van der Waals surface area contributed by atoms with Crippen LogP contribution in [0.3, 0.4) is 0 Å². The van der Waals surface area contributed by atoms with Crippen LogP contribution in [0.1, 0.15) is 24.0 Å². The molecule has 4 aliphatic rings. The third-order valence-corrected chi connectivity index (χ3v) is 11.4. The van der Waals surface area contributed by atoms with Crippen LogP contribution in [-0.4, -0.2) is 63.1 Å². The van der Waals surface area contributed by atoms with Crippen molar-refractivity contribution in [1.82, 2.24) is 4.90 Å². The number of rotatable bonds is 7. The predicted octanol–water partition coefficient (Wildman–Crippen LogP) is 5.51. The van der Waals surface area contributed by atoms with E-state index in [0.717, 1.165) is 10.5 Å². The Hall–Kier alpha value is -3.60. The highest BCUT2D eigenvalue weighted by Crippen LogP contribution is 2.63. The summed E-state index contributed by atoms with van der Waals surface area (Å²) in [7, 11) is 2.81. The number of hydrogen-bond donors (Lipinski definition) is 1. The van der Waals surface area contributed by atoms with E-state index in [0.29, 0.717) is 16.8 Å². The summed E-state index contributed by atoms with van der Waals surface area (Å²) in [6.07, 6.45) is 7.04. The molecule has 2 heterocycles. The van der Waals surface area contributed by atoms with Gasteiger partial charge in [0.25, 0.3) is 11.8 Å². The lowest BCUT2D eigenvalue weighted by atomic mass is 9.57. The minimum absolute atomic E-state index is 0.105. The molecule has 2 aromatic rings. The molecule has 9 nitrogen and oxygen atoms in total. The van der Waals surface area contributed by atoms with Crippen LogP contribution in [0.4, 0.5) is 5.69 Å². The Kier molecular flexibility index (Phi) is 7.90. The SMILES string of the molecule is C=Cc1ccc(N2C(=O)[C@H]3[C@H](CC=C4[C@H]3C[C@@]3(Cl)C(=O)N(CBr)C(=O)[C@@]3(Cl)[C@H]4C=Cc3cc(OC)c(O)c(OC)c3)C2=O)cc1. The van der Waals surface area contributed by atoms with Crippen molar-refractivity contribution >= 4 is 80.6 Å². The fourth-order valence-corrected chi connectivity index (χ4v) is 8.61. The number of alkyl halides is 3. The Bertz CT molecular complexity index is 1680. The average molecular weight is 716 g/mol. The first-order valence-corrected chi connectivity index (χ1v) is 16.1. The van der Waals surface area contributed by atoms with Gasteiger partial charge in [-0.15, -0.1) is 23.2 Å². The second-order valence-corrected chi connectivity index (χ2v) is 13.2. The molecule has 45 heavy (non-hydrogen) atoms. The number of halogens is 3. The Morgan fingerprint density at radius 1 is 1.00 bits per heavy atom. The van der Waals surface area contributed by atoms with Crippen LogP contribution in [0.5, 0.6) is 17.2 Å². The number of likely N-dealkylation sites (tertiary alicyclic amines) is 1. The standard InChI is InChI=1S/C33H29BrCl2N2O7/c1-4-17-5-8-19(9-6-17)38-28(40)21-11-10-20-22(26(21)29(38)41)15-32(35)30(42)37(16-34)31(43)33(32,36)23(20)12-7-18-13-24(44-2)27(39)25(14-18)45-3/h4-10,12-14,21-23,26,39H,1,11,15-16H2,2-3H3/t21-,22+,23-,26-,32+,33-/m0/s1. The monoisotopic (exact) mass is 714 g/mol. The Balaban J connectivity index is 1.46. The number of nitrogens with zero attached hydrogens (tertiary/aromatic N) is 2. The van der Waals surface area contributed by atoms with Crippen molar-refractivity contribution < 1.29 is 33.8 Å². The van der Waals surface area contributed by atoms with Gasteiger partial charge < -0.3 is 14.6 Å². The number of ether oxygens (including phenoxy) is 2. The highest BCUT2D eigenvalue weighted by molar-refractivity contribution is 9.09. The number of anilines is 1. The summed E-state index contributed by atoms with van der Waals surface area (Å²) in [5.41, 5.74) is 2.39. The van der Waals surface area contributed by atoms with E-state index < -0.39 is 45.2 Å². The second-order valence-electron chi connectivity index (χ2n) is 11.5. The molecule has 2 aromatic carbocycles. The molecule has 3 fully saturated rings. The number of carbonyl (C=O) groups excluding carboxylic acids is 4. The molecule has 0 aromatic heterocycles. The van der Waals surface area contributed by atoms with E-state index in [2.05, 4.69) is 22.5 Å². The molecular formula is C33H29BrCl2N2O7. The number of aromatic hydroxyl groups is 1. The lowest BCUT2D eigenvalue weighted by molar-refractivity contribution is -0.138. The van der Waals surface area contributed by atoms with Crippen molar-refractivity contribution in [1.29, 1.82) is 0 Å². The summed E-state index contributed by atoms with van der Waals surface area (Å²) in [4.78, 5) is 53.8. The molecule has 0 radical (unpaired) electrons.